The number of nitrogens with zero attached hydrogens (tertiary/aromatic N) is 5. The summed E-state index contributed by atoms with van der Waals surface area (Å²) in [5.74, 6) is 0.183. The highest BCUT2D eigenvalue weighted by molar-refractivity contribution is 8.26. The van der Waals surface area contributed by atoms with Crippen molar-refractivity contribution in [1.29, 1.82) is 0 Å². The number of likely N-dealkylation sites (N-methyl/N-ethyl adjacent to an activating group) is 1. The number of carbonyl (C=O) groups excluding carboxylic acids is 1. The fraction of sp³-hybridized carbons (Fsp3) is 0.478. The monoisotopic (exact) mass is 533 g/mol. The maximum absolute atomic E-state index is 13.7. The Morgan fingerprint density at radius 2 is 1.97 bits per heavy atom. The molecule has 1 atom stereocenters. The molecule has 186 valence electrons. The molecule has 1 amide bonds. The molecule has 0 spiro atoms. The second kappa shape index (κ2) is 9.30. The summed E-state index contributed by atoms with van der Waals surface area (Å²) in [6.07, 6.45) is 3.64. The smallest absolute Gasteiger partial charge is 0.267 e. The lowest BCUT2D eigenvalue weighted by Crippen LogP contribution is -2.47. The predicted octanol–water partition coefficient (Wildman–Crippen LogP) is 1.53. The largest absolute Gasteiger partial charge is 0.353 e. The average molecular weight is 534 g/mol. The van der Waals surface area contributed by atoms with Gasteiger partial charge in [0, 0.05) is 32.4 Å². The summed E-state index contributed by atoms with van der Waals surface area (Å²) in [4.78, 5) is 38.0. The minimum atomic E-state index is -3.18. The maximum Gasteiger partial charge on any atom is 0.267 e. The van der Waals surface area contributed by atoms with E-state index < -0.39 is 15.9 Å². The van der Waals surface area contributed by atoms with E-state index in [1.807, 2.05) is 13.0 Å². The molecule has 0 aromatic carbocycles. The fourth-order valence-corrected chi connectivity index (χ4v) is 7.93. The molecule has 0 bridgehead atoms. The van der Waals surface area contributed by atoms with E-state index in [0.29, 0.717) is 32.7 Å². The summed E-state index contributed by atoms with van der Waals surface area (Å²) < 4.78 is 25.8. The second-order valence-corrected chi connectivity index (χ2v) is 13.0. The van der Waals surface area contributed by atoms with Crippen LogP contribution in [0.4, 0.5) is 5.82 Å². The van der Waals surface area contributed by atoms with E-state index in [-0.39, 0.29) is 23.0 Å². The number of piperazine rings is 1. The van der Waals surface area contributed by atoms with Crippen molar-refractivity contribution in [2.75, 3.05) is 49.1 Å². The number of hydrogen-bond acceptors (Lipinski definition) is 9. The minimum absolute atomic E-state index is 0.0525. The van der Waals surface area contributed by atoms with Crippen molar-refractivity contribution in [3.05, 3.63) is 44.7 Å². The first-order valence-corrected chi connectivity index (χ1v) is 14.7. The summed E-state index contributed by atoms with van der Waals surface area (Å²) >= 11 is 6.56. The topological polar surface area (TPSA) is 95.3 Å². The third kappa shape index (κ3) is 4.52. The number of rotatable bonds is 4. The van der Waals surface area contributed by atoms with Crippen LogP contribution in [-0.4, -0.2) is 88.1 Å². The zero-order valence-electron chi connectivity index (χ0n) is 19.6. The molecule has 35 heavy (non-hydrogen) atoms. The van der Waals surface area contributed by atoms with E-state index in [1.165, 1.54) is 9.30 Å². The number of carbonyl (C=O) groups is 1. The number of anilines is 1. The zero-order valence-corrected chi connectivity index (χ0v) is 22.1. The molecular weight excluding hydrogens is 506 g/mol. The Hall–Kier alpha value is -2.28. The molecule has 12 heteroatoms. The number of amides is 1. The second-order valence-electron chi connectivity index (χ2n) is 9.07. The van der Waals surface area contributed by atoms with Gasteiger partial charge in [0.1, 0.15) is 15.8 Å². The molecule has 3 aliphatic heterocycles. The van der Waals surface area contributed by atoms with Gasteiger partial charge in [0.15, 0.2) is 9.84 Å². The van der Waals surface area contributed by atoms with E-state index in [0.717, 1.165) is 50.0 Å². The van der Waals surface area contributed by atoms with E-state index in [4.69, 9.17) is 17.2 Å². The number of thiocarbonyl (C=S) groups is 1. The van der Waals surface area contributed by atoms with Gasteiger partial charge in [0.25, 0.3) is 11.5 Å². The van der Waals surface area contributed by atoms with E-state index in [1.54, 1.807) is 18.3 Å². The first kappa shape index (κ1) is 24.4. The lowest BCUT2D eigenvalue weighted by molar-refractivity contribution is -0.123. The van der Waals surface area contributed by atoms with E-state index >= 15 is 0 Å². The van der Waals surface area contributed by atoms with Crippen molar-refractivity contribution in [2.45, 2.75) is 26.3 Å². The third-order valence-corrected chi connectivity index (χ3v) is 9.94. The van der Waals surface area contributed by atoms with Crippen molar-refractivity contribution in [1.82, 2.24) is 19.2 Å². The number of fused-ring (bicyclic) bond motifs is 1. The third-order valence-electron chi connectivity index (χ3n) is 6.86. The van der Waals surface area contributed by atoms with E-state index in [9.17, 15) is 18.0 Å². The Morgan fingerprint density at radius 1 is 1.23 bits per heavy atom. The summed E-state index contributed by atoms with van der Waals surface area (Å²) in [7, 11) is -3.18. The molecule has 1 unspecified atom stereocenters. The molecule has 0 N–H and O–H groups in total. The first-order valence-electron chi connectivity index (χ1n) is 11.7. The van der Waals surface area contributed by atoms with Crippen molar-refractivity contribution in [3.63, 3.8) is 0 Å². The maximum atomic E-state index is 13.7. The normalized spacial score (nSPS) is 24.3. The van der Waals surface area contributed by atoms with Crippen LogP contribution < -0.4 is 10.5 Å². The van der Waals surface area contributed by atoms with Crippen LogP contribution in [0.25, 0.3) is 11.7 Å². The molecule has 5 heterocycles. The van der Waals surface area contributed by atoms with Crippen LogP contribution in [-0.2, 0) is 14.6 Å². The van der Waals surface area contributed by atoms with Gasteiger partial charge >= 0.3 is 0 Å². The quantitative estimate of drug-likeness (QED) is 0.428. The molecular formula is C23H27N5O4S3. The predicted molar refractivity (Wildman–Crippen MR) is 143 cm³/mol. The summed E-state index contributed by atoms with van der Waals surface area (Å²) in [6, 6.07) is 3.26. The van der Waals surface area contributed by atoms with Crippen LogP contribution in [0.3, 0.4) is 0 Å². The van der Waals surface area contributed by atoms with Crippen molar-refractivity contribution in [3.8, 4) is 0 Å². The molecule has 0 radical (unpaired) electrons. The Morgan fingerprint density at radius 3 is 2.63 bits per heavy atom. The molecule has 3 fully saturated rings. The van der Waals surface area contributed by atoms with Crippen molar-refractivity contribution >= 4 is 61.6 Å². The fourth-order valence-electron chi connectivity index (χ4n) is 4.85. The summed E-state index contributed by atoms with van der Waals surface area (Å²) in [5.41, 5.74) is 1.57. The van der Waals surface area contributed by atoms with Crippen LogP contribution in [0.5, 0.6) is 0 Å². The highest BCUT2D eigenvalue weighted by Crippen LogP contribution is 2.37. The SMILES string of the molecule is CCN1CCN(c2nc3c(C)cccn3c(=O)c2C=C2SC(=S)N(C3CCS(=O)(=O)C3)C2=O)CC1. The molecule has 2 aromatic heterocycles. The zero-order chi connectivity index (χ0) is 24.9. The van der Waals surface area contributed by atoms with Crippen LogP contribution in [0, 0.1) is 6.92 Å². The van der Waals surface area contributed by atoms with E-state index in [2.05, 4.69) is 16.7 Å². The van der Waals surface area contributed by atoms with Gasteiger partial charge in [-0.15, -0.1) is 0 Å². The minimum Gasteiger partial charge on any atom is -0.353 e. The van der Waals surface area contributed by atoms with Crippen molar-refractivity contribution in [2.24, 2.45) is 0 Å². The average Bonchev–Trinajstić information content (AvgIpc) is 3.33. The highest BCUT2D eigenvalue weighted by atomic mass is 32.2. The molecule has 3 aliphatic rings. The Kier molecular flexibility index (Phi) is 6.49. The van der Waals surface area contributed by atoms with Gasteiger partial charge in [-0.05, 0) is 37.6 Å². The highest BCUT2D eigenvalue weighted by Gasteiger charge is 2.42. The molecule has 5 rings (SSSR count). The number of aromatic nitrogens is 2. The number of aryl methyl sites for hydroxylation is 1. The molecule has 2 aromatic rings. The lowest BCUT2D eigenvalue weighted by atomic mass is 10.2. The van der Waals surface area contributed by atoms with Crippen LogP contribution in [0.1, 0.15) is 24.5 Å². The standard InChI is InChI=1S/C23H27N5O4S3/c1-3-25-8-10-26(11-9-25)20-17(21(29)27-7-4-5-15(2)19(27)24-20)13-18-22(30)28(23(33)34-18)16-6-12-35(31,32)14-16/h4-5,7,13,16H,3,6,8-12,14H2,1-2H3. The summed E-state index contributed by atoms with van der Waals surface area (Å²) in [6.45, 7) is 8.19. The van der Waals surface area contributed by atoms with Gasteiger partial charge in [-0.2, -0.15) is 0 Å². The Bertz CT molecular complexity index is 1410. The van der Waals surface area contributed by atoms with Gasteiger partial charge in [-0.3, -0.25) is 18.9 Å². The van der Waals surface area contributed by atoms with Crippen LogP contribution >= 0.6 is 24.0 Å². The van der Waals surface area contributed by atoms with Gasteiger partial charge in [0.2, 0.25) is 0 Å². The molecule has 3 saturated heterocycles. The summed E-state index contributed by atoms with van der Waals surface area (Å²) in [5, 5.41) is 0. The molecule has 0 aliphatic carbocycles. The first-order chi connectivity index (χ1) is 16.7. The molecule has 9 nitrogen and oxygen atoms in total. The number of sulfone groups is 1. The van der Waals surface area contributed by atoms with Gasteiger partial charge in [-0.25, -0.2) is 13.4 Å². The molecule has 0 saturated carbocycles. The van der Waals surface area contributed by atoms with Gasteiger partial charge in [-0.1, -0.05) is 37.0 Å². The Labute approximate surface area is 213 Å². The van der Waals surface area contributed by atoms with Gasteiger partial charge in [0.05, 0.1) is 28.0 Å². The lowest BCUT2D eigenvalue weighted by Gasteiger charge is -2.35. The van der Waals surface area contributed by atoms with Gasteiger partial charge < -0.3 is 9.80 Å². The van der Waals surface area contributed by atoms with Crippen LogP contribution in [0.2, 0.25) is 0 Å². The number of thioether (sulfide) groups is 1. The number of hydrogen-bond donors (Lipinski definition) is 0. The number of pyridine rings is 1. The van der Waals surface area contributed by atoms with Crippen LogP contribution in [0.15, 0.2) is 28.0 Å². The van der Waals surface area contributed by atoms with Crippen molar-refractivity contribution < 1.29 is 13.2 Å². The Balaban J connectivity index is 1.58.